The first-order valence-corrected chi connectivity index (χ1v) is 3.54. The van der Waals surface area contributed by atoms with E-state index in [1.807, 2.05) is 0 Å². The van der Waals surface area contributed by atoms with Crippen molar-refractivity contribution in [2.24, 2.45) is 0 Å². The van der Waals surface area contributed by atoms with Crippen LogP contribution in [-0.2, 0) is 5.79 Å². The molecule has 0 unspecified atom stereocenters. The molecule has 1 aromatic rings. The van der Waals surface area contributed by atoms with Crippen LogP contribution >= 0.6 is 0 Å². The Balaban J connectivity index is 3.00. The quantitative estimate of drug-likeness (QED) is 0.501. The monoisotopic (exact) mass is 166 g/mol. The molecule has 0 bridgehead atoms. The van der Waals surface area contributed by atoms with E-state index < -0.39 is 5.79 Å². The van der Waals surface area contributed by atoms with Gasteiger partial charge in [-0.05, 0) is 6.92 Å². The highest BCUT2D eigenvalue weighted by Gasteiger charge is 2.17. The van der Waals surface area contributed by atoms with Gasteiger partial charge in [0.05, 0.1) is 0 Å². The van der Waals surface area contributed by atoms with Crippen molar-refractivity contribution in [1.29, 1.82) is 0 Å². The molecule has 0 aliphatic carbocycles. The Morgan fingerprint density at radius 1 is 1.25 bits per heavy atom. The van der Waals surface area contributed by atoms with Crippen molar-refractivity contribution in [3.63, 3.8) is 0 Å². The molecule has 0 aliphatic rings. The molecule has 0 aromatic heterocycles. The third-order valence-corrected chi connectivity index (χ3v) is 1.59. The summed E-state index contributed by atoms with van der Waals surface area (Å²) in [6.45, 7) is 1.27. The third-order valence-electron chi connectivity index (χ3n) is 1.59. The topological polar surface area (TPSA) is 57.5 Å². The number of rotatable bonds is 2. The van der Waals surface area contributed by atoms with Crippen LogP contribution in [-0.4, -0.2) is 16.5 Å². The smallest absolute Gasteiger partial charge is 0.186 e. The average Bonchev–Trinajstić information content (AvgIpc) is 2.03. The number of carbonyl (C=O) groups is 1. The molecule has 0 radical (unpaired) electrons. The van der Waals surface area contributed by atoms with Gasteiger partial charge >= 0.3 is 0 Å². The molecule has 0 saturated heterocycles. The van der Waals surface area contributed by atoms with Crippen LogP contribution in [0.2, 0.25) is 0 Å². The van der Waals surface area contributed by atoms with Crippen LogP contribution in [0.3, 0.4) is 0 Å². The Labute approximate surface area is 70.3 Å². The predicted molar refractivity (Wildman–Crippen MR) is 43.6 cm³/mol. The lowest BCUT2D eigenvalue weighted by molar-refractivity contribution is -0.152. The van der Waals surface area contributed by atoms with Gasteiger partial charge in [0.1, 0.15) is 6.29 Å². The molecule has 1 aromatic carbocycles. The standard InChI is InChI=1S/C9H10O3/c1-9(11,12)8-4-2-7(6-10)3-5-8/h2-6,11-12H,1H3. The van der Waals surface area contributed by atoms with E-state index >= 15 is 0 Å². The fourth-order valence-electron chi connectivity index (χ4n) is 0.877. The van der Waals surface area contributed by atoms with Crippen LogP contribution < -0.4 is 0 Å². The molecule has 1 rings (SSSR count). The molecular weight excluding hydrogens is 156 g/mol. The molecule has 0 amide bonds. The maximum absolute atomic E-state index is 10.2. The highest BCUT2D eigenvalue weighted by molar-refractivity contribution is 5.74. The van der Waals surface area contributed by atoms with Crippen molar-refractivity contribution in [3.8, 4) is 0 Å². The summed E-state index contributed by atoms with van der Waals surface area (Å²) in [5.74, 6) is -1.83. The largest absolute Gasteiger partial charge is 0.362 e. The van der Waals surface area contributed by atoms with Gasteiger partial charge in [-0.2, -0.15) is 0 Å². The van der Waals surface area contributed by atoms with Crippen molar-refractivity contribution in [2.45, 2.75) is 12.7 Å². The van der Waals surface area contributed by atoms with Crippen LogP contribution in [0.5, 0.6) is 0 Å². The van der Waals surface area contributed by atoms with E-state index in [-0.39, 0.29) is 0 Å². The summed E-state index contributed by atoms with van der Waals surface area (Å²) >= 11 is 0. The highest BCUT2D eigenvalue weighted by Crippen LogP contribution is 2.16. The summed E-state index contributed by atoms with van der Waals surface area (Å²) in [7, 11) is 0. The molecular formula is C9H10O3. The van der Waals surface area contributed by atoms with Crippen LogP contribution in [0.25, 0.3) is 0 Å². The minimum Gasteiger partial charge on any atom is -0.362 e. The normalized spacial score (nSPS) is 11.2. The van der Waals surface area contributed by atoms with Crippen molar-refractivity contribution in [2.75, 3.05) is 0 Å². The molecule has 0 aliphatic heterocycles. The summed E-state index contributed by atoms with van der Waals surface area (Å²) in [4.78, 5) is 10.2. The van der Waals surface area contributed by atoms with Crippen LogP contribution in [0, 0.1) is 0 Å². The second kappa shape index (κ2) is 3.05. The molecule has 0 atom stereocenters. The van der Waals surface area contributed by atoms with E-state index in [2.05, 4.69) is 0 Å². The summed E-state index contributed by atoms with van der Waals surface area (Å²) < 4.78 is 0. The molecule has 0 fully saturated rings. The lowest BCUT2D eigenvalue weighted by Crippen LogP contribution is -2.19. The van der Waals surface area contributed by atoms with Gasteiger partial charge in [-0.15, -0.1) is 0 Å². The summed E-state index contributed by atoms with van der Waals surface area (Å²) in [5.41, 5.74) is 0.885. The maximum atomic E-state index is 10.2. The van der Waals surface area contributed by atoms with E-state index in [1.165, 1.54) is 31.2 Å². The highest BCUT2D eigenvalue weighted by atomic mass is 16.5. The van der Waals surface area contributed by atoms with Crippen LogP contribution in [0.1, 0.15) is 22.8 Å². The third kappa shape index (κ3) is 1.90. The summed E-state index contributed by atoms with van der Waals surface area (Å²) in [6.07, 6.45) is 0.704. The average molecular weight is 166 g/mol. The molecule has 0 heterocycles. The molecule has 0 saturated carbocycles. The minimum absolute atomic E-state index is 0.369. The number of benzene rings is 1. The summed E-state index contributed by atoms with van der Waals surface area (Å²) in [5, 5.41) is 18.2. The number of carbonyl (C=O) groups excluding carboxylic acids is 1. The van der Waals surface area contributed by atoms with E-state index in [9.17, 15) is 4.79 Å². The van der Waals surface area contributed by atoms with Gasteiger partial charge in [0.2, 0.25) is 0 Å². The SMILES string of the molecule is CC(O)(O)c1ccc(C=O)cc1. The van der Waals surface area contributed by atoms with Gasteiger partial charge in [0.25, 0.3) is 0 Å². The van der Waals surface area contributed by atoms with Gasteiger partial charge in [0, 0.05) is 11.1 Å². The van der Waals surface area contributed by atoms with Gasteiger partial charge in [-0.25, -0.2) is 0 Å². The van der Waals surface area contributed by atoms with Crippen molar-refractivity contribution < 1.29 is 15.0 Å². The van der Waals surface area contributed by atoms with Crippen LogP contribution in [0.15, 0.2) is 24.3 Å². The number of hydrogen-bond donors (Lipinski definition) is 2. The zero-order chi connectivity index (χ0) is 9.19. The van der Waals surface area contributed by atoms with Gasteiger partial charge < -0.3 is 10.2 Å². The van der Waals surface area contributed by atoms with E-state index in [0.717, 1.165) is 0 Å². The van der Waals surface area contributed by atoms with Gasteiger partial charge in [-0.1, -0.05) is 24.3 Å². The fourth-order valence-corrected chi connectivity index (χ4v) is 0.877. The first-order chi connectivity index (χ1) is 5.54. The molecule has 3 nitrogen and oxygen atoms in total. The lowest BCUT2D eigenvalue weighted by atomic mass is 10.1. The predicted octanol–water partition coefficient (Wildman–Crippen LogP) is 0.656. The molecule has 64 valence electrons. The fraction of sp³-hybridized carbons (Fsp3) is 0.222. The van der Waals surface area contributed by atoms with Gasteiger partial charge in [0.15, 0.2) is 5.79 Å². The summed E-state index contributed by atoms with van der Waals surface area (Å²) in [6, 6.07) is 6.08. The number of hydrogen-bond acceptors (Lipinski definition) is 3. The van der Waals surface area contributed by atoms with Crippen molar-refractivity contribution >= 4 is 6.29 Å². The van der Waals surface area contributed by atoms with E-state index in [0.29, 0.717) is 17.4 Å². The first kappa shape index (κ1) is 8.90. The first-order valence-electron chi connectivity index (χ1n) is 3.54. The number of aliphatic hydroxyl groups is 2. The molecule has 3 heteroatoms. The molecule has 2 N–H and O–H groups in total. The molecule has 0 spiro atoms. The van der Waals surface area contributed by atoms with Crippen molar-refractivity contribution in [3.05, 3.63) is 35.4 Å². The second-order valence-corrected chi connectivity index (χ2v) is 2.76. The Hall–Kier alpha value is -1.19. The van der Waals surface area contributed by atoms with Crippen LogP contribution in [0.4, 0.5) is 0 Å². The van der Waals surface area contributed by atoms with Gasteiger partial charge in [-0.3, -0.25) is 4.79 Å². The Kier molecular flexibility index (Phi) is 2.26. The van der Waals surface area contributed by atoms with E-state index in [4.69, 9.17) is 10.2 Å². The zero-order valence-electron chi connectivity index (χ0n) is 6.69. The Bertz CT molecular complexity index is 269. The Morgan fingerprint density at radius 2 is 1.75 bits per heavy atom. The molecule has 12 heavy (non-hydrogen) atoms. The second-order valence-electron chi connectivity index (χ2n) is 2.76. The maximum Gasteiger partial charge on any atom is 0.186 e. The zero-order valence-corrected chi connectivity index (χ0v) is 6.69. The Morgan fingerprint density at radius 3 is 2.08 bits per heavy atom. The van der Waals surface area contributed by atoms with E-state index in [1.54, 1.807) is 0 Å². The minimum atomic E-state index is -1.83. The number of aldehydes is 1. The lowest BCUT2D eigenvalue weighted by Gasteiger charge is -2.15. The van der Waals surface area contributed by atoms with Crippen molar-refractivity contribution in [1.82, 2.24) is 0 Å².